The molecule has 0 fully saturated rings. The van der Waals surface area contributed by atoms with Gasteiger partial charge in [0.2, 0.25) is 5.88 Å². The van der Waals surface area contributed by atoms with Gasteiger partial charge in [0, 0.05) is 79.2 Å². The highest BCUT2D eigenvalue weighted by atomic mass is 32.2. The third-order valence-electron chi connectivity index (χ3n) is 5.22. The maximum atomic E-state index is 14.6. The Hall–Kier alpha value is -4.17. The molecule has 0 spiro atoms. The number of aromatic nitrogens is 2. The number of benzene rings is 1. The Bertz CT molecular complexity index is 1350. The van der Waals surface area contributed by atoms with Crippen LogP contribution in [-0.4, -0.2) is 66.2 Å². The Morgan fingerprint density at radius 3 is 2.57 bits per heavy atom. The lowest BCUT2D eigenvalue weighted by molar-refractivity contribution is -0.107. The van der Waals surface area contributed by atoms with Crippen LogP contribution >= 0.6 is 0 Å². The van der Waals surface area contributed by atoms with Crippen molar-refractivity contribution in [2.75, 3.05) is 45.0 Å². The van der Waals surface area contributed by atoms with Gasteiger partial charge in [-0.2, -0.15) is 4.98 Å². The van der Waals surface area contributed by atoms with Crippen LogP contribution < -0.4 is 25.8 Å². The summed E-state index contributed by atoms with van der Waals surface area (Å²) in [4.78, 5) is 27.9. The number of halogens is 2. The second kappa shape index (κ2) is 18.3. The highest BCUT2D eigenvalue weighted by Crippen LogP contribution is 2.34. The van der Waals surface area contributed by atoms with E-state index in [2.05, 4.69) is 31.1 Å². The maximum Gasteiger partial charge on any atom is 0.312 e. The number of carbonyl (C=O) groups is 2. The summed E-state index contributed by atoms with van der Waals surface area (Å²) in [7, 11) is 0.641. The van der Waals surface area contributed by atoms with Gasteiger partial charge in [-0.15, -0.1) is 0 Å². The average molecular weight is 608 g/mol. The van der Waals surface area contributed by atoms with E-state index in [4.69, 9.17) is 9.47 Å². The molecule has 0 saturated heterocycles. The van der Waals surface area contributed by atoms with E-state index in [9.17, 15) is 22.6 Å². The van der Waals surface area contributed by atoms with E-state index in [1.807, 2.05) is 6.92 Å². The number of anilines is 2. The Morgan fingerprint density at radius 1 is 1.17 bits per heavy atom. The number of nitrogens with zero attached hydrogens (tertiary/aromatic N) is 2. The number of ether oxygens (including phenoxy) is 3. The van der Waals surface area contributed by atoms with E-state index >= 15 is 0 Å². The lowest BCUT2D eigenvalue weighted by atomic mass is 10.0. The topological polar surface area (TPSA) is 155 Å². The van der Waals surface area contributed by atoms with Crippen molar-refractivity contribution in [3.05, 3.63) is 59.8 Å². The number of amides is 2. The lowest BCUT2D eigenvalue weighted by Gasteiger charge is -2.16. The smallest absolute Gasteiger partial charge is 0.312 e. The molecular formula is C28H35F2N5O6S. The molecule has 1 atom stereocenters. The number of pyridine rings is 2. The van der Waals surface area contributed by atoms with E-state index in [-0.39, 0.29) is 17.9 Å². The number of fused-ring (bicyclic) bond motifs is 6. The predicted octanol–water partition coefficient (Wildman–Crippen LogP) is 4.10. The highest BCUT2D eigenvalue weighted by Gasteiger charge is 2.16. The molecule has 42 heavy (non-hydrogen) atoms. The van der Waals surface area contributed by atoms with Gasteiger partial charge < -0.3 is 35.4 Å². The van der Waals surface area contributed by atoms with E-state index in [1.165, 1.54) is 24.3 Å². The zero-order valence-electron chi connectivity index (χ0n) is 23.7. The van der Waals surface area contributed by atoms with Crippen molar-refractivity contribution in [1.82, 2.24) is 15.3 Å². The minimum absolute atomic E-state index is 0.224. The SMILES string of the molecule is CCOC.CS(=O)Cc1cc2nc(c1)OCCCOc1cc(F)ccc1-c1cc(ncc1F)N2.NC(=O)NCCC=O. The van der Waals surface area contributed by atoms with Crippen molar-refractivity contribution < 1.29 is 36.8 Å². The van der Waals surface area contributed by atoms with Gasteiger partial charge in [0.15, 0.2) is 0 Å². The number of urea groups is 1. The number of methoxy groups -OCH3 is 1. The molecule has 0 aliphatic carbocycles. The summed E-state index contributed by atoms with van der Waals surface area (Å²) in [6.07, 6.45) is 4.25. The second-order valence-electron chi connectivity index (χ2n) is 8.61. The van der Waals surface area contributed by atoms with Crippen molar-refractivity contribution in [3.63, 3.8) is 0 Å². The van der Waals surface area contributed by atoms with Gasteiger partial charge in [0.05, 0.1) is 19.4 Å². The molecule has 1 aliphatic rings. The lowest BCUT2D eigenvalue weighted by Crippen LogP contribution is -2.30. The highest BCUT2D eigenvalue weighted by molar-refractivity contribution is 7.83. The first-order chi connectivity index (χ1) is 20.2. The minimum atomic E-state index is -1.04. The largest absolute Gasteiger partial charge is 0.493 e. The van der Waals surface area contributed by atoms with Gasteiger partial charge in [-0.3, -0.25) is 4.21 Å². The van der Waals surface area contributed by atoms with E-state index in [1.54, 1.807) is 25.5 Å². The van der Waals surface area contributed by atoms with Crippen LogP contribution in [0.1, 0.15) is 25.3 Å². The third-order valence-corrected chi connectivity index (χ3v) is 5.96. The number of aldehydes is 1. The molecule has 4 N–H and O–H groups in total. The molecule has 1 unspecified atom stereocenters. The van der Waals surface area contributed by atoms with Crippen LogP contribution in [0.5, 0.6) is 11.6 Å². The van der Waals surface area contributed by atoms with Crippen LogP contribution in [-0.2, 0) is 26.1 Å². The van der Waals surface area contributed by atoms with Crippen molar-refractivity contribution >= 4 is 34.8 Å². The fourth-order valence-corrected chi connectivity index (χ4v) is 4.01. The molecule has 3 heterocycles. The van der Waals surface area contributed by atoms with E-state index < -0.39 is 28.5 Å². The first-order valence-corrected chi connectivity index (χ1v) is 14.6. The summed E-state index contributed by atoms with van der Waals surface area (Å²) in [5.74, 6) is 0.698. The molecule has 1 aliphatic heterocycles. The number of nitrogens with one attached hydrogen (secondary N) is 2. The summed E-state index contributed by atoms with van der Waals surface area (Å²) < 4.78 is 55.9. The maximum absolute atomic E-state index is 14.6. The molecule has 3 aromatic rings. The van der Waals surface area contributed by atoms with Crippen LogP contribution in [0.15, 0.2) is 42.6 Å². The van der Waals surface area contributed by atoms with Crippen LogP contribution in [0.4, 0.5) is 25.2 Å². The van der Waals surface area contributed by atoms with Gasteiger partial charge in [-0.1, -0.05) is 0 Å². The molecule has 1 aromatic carbocycles. The second-order valence-corrected chi connectivity index (χ2v) is 10.0. The third kappa shape index (κ3) is 12.1. The summed E-state index contributed by atoms with van der Waals surface area (Å²) in [6, 6.07) is 8.35. The summed E-state index contributed by atoms with van der Waals surface area (Å²) in [5, 5.41) is 5.29. The monoisotopic (exact) mass is 607 g/mol. The fraction of sp³-hybridized carbons (Fsp3) is 0.357. The van der Waals surface area contributed by atoms with Gasteiger partial charge in [0.1, 0.15) is 35.3 Å². The van der Waals surface area contributed by atoms with Gasteiger partial charge in [-0.25, -0.2) is 18.6 Å². The van der Waals surface area contributed by atoms with Crippen molar-refractivity contribution in [2.45, 2.75) is 25.5 Å². The van der Waals surface area contributed by atoms with Gasteiger partial charge in [-0.05, 0) is 36.8 Å². The number of hydrogen-bond acceptors (Lipinski definition) is 9. The Balaban J connectivity index is 0.000000435. The molecule has 0 radical (unpaired) electrons. The molecule has 4 rings (SSSR count). The number of carbonyl (C=O) groups excluding carboxylic acids is 2. The molecule has 0 saturated carbocycles. The molecule has 2 amide bonds. The zero-order valence-corrected chi connectivity index (χ0v) is 24.5. The predicted molar refractivity (Wildman–Crippen MR) is 156 cm³/mol. The van der Waals surface area contributed by atoms with Gasteiger partial charge in [0.25, 0.3) is 0 Å². The summed E-state index contributed by atoms with van der Waals surface area (Å²) >= 11 is 0. The Kier molecular flexibility index (Phi) is 14.8. The number of rotatable bonds is 6. The Morgan fingerprint density at radius 2 is 1.90 bits per heavy atom. The van der Waals surface area contributed by atoms with Crippen LogP contribution in [0, 0.1) is 11.6 Å². The van der Waals surface area contributed by atoms with Crippen molar-refractivity contribution in [1.29, 1.82) is 0 Å². The first-order valence-electron chi connectivity index (χ1n) is 12.9. The zero-order chi connectivity index (χ0) is 30.9. The minimum Gasteiger partial charge on any atom is -0.493 e. The number of primary amides is 1. The molecule has 2 aromatic heterocycles. The quantitative estimate of drug-likeness (QED) is 0.277. The number of nitrogens with two attached hydrogens (primary N) is 1. The van der Waals surface area contributed by atoms with Crippen molar-refractivity contribution in [2.24, 2.45) is 5.73 Å². The van der Waals surface area contributed by atoms with Gasteiger partial charge >= 0.3 is 6.03 Å². The van der Waals surface area contributed by atoms with E-state index in [0.29, 0.717) is 54.8 Å². The normalized spacial score (nSPS) is 12.5. The molecule has 228 valence electrons. The van der Waals surface area contributed by atoms with Crippen LogP contribution in [0.3, 0.4) is 0 Å². The van der Waals surface area contributed by atoms with E-state index in [0.717, 1.165) is 24.7 Å². The first kappa shape index (κ1) is 34.0. The van der Waals surface area contributed by atoms with Crippen LogP contribution in [0.2, 0.25) is 0 Å². The molecule has 11 nitrogen and oxygen atoms in total. The number of hydrogen-bond donors (Lipinski definition) is 3. The average Bonchev–Trinajstić information content (AvgIpc) is 2.94. The standard InChI is InChI=1S/C21H19F2N3O3S.C4H8N2O2.C3H8O/c1-30(27)12-13-7-20-25-19-10-16(17(23)11-24-19)15-4-3-14(22)9-18(15)28-5-2-6-29-21(8-13)26-20;5-4(8)6-2-1-3-7;1-3-4-2/h3-4,7-11H,2,5-6,12H2,1H3,(H,24,25,26);3H,1-2H2,(H3,5,6,8);3H2,1-2H3. The Labute approximate surface area is 245 Å². The molecule has 4 bridgehead atoms. The van der Waals surface area contributed by atoms with Crippen LogP contribution in [0.25, 0.3) is 11.1 Å². The fourth-order valence-electron chi connectivity index (χ4n) is 3.37. The summed E-state index contributed by atoms with van der Waals surface area (Å²) in [5.41, 5.74) is 6.10. The van der Waals surface area contributed by atoms with Crippen molar-refractivity contribution in [3.8, 4) is 22.8 Å². The summed E-state index contributed by atoms with van der Waals surface area (Å²) in [6.45, 7) is 3.67. The molecular weight excluding hydrogens is 572 g/mol. The molecule has 14 heteroatoms.